The van der Waals surface area contributed by atoms with E-state index in [-0.39, 0.29) is 10.7 Å². The smallest absolute Gasteiger partial charge is 0.238 e. The molecule has 6 nitrogen and oxygen atoms in total. The normalized spacial score (nSPS) is 12.0. The molecular formula is C19H16FN3O3S. The third-order valence-electron chi connectivity index (χ3n) is 4.37. The summed E-state index contributed by atoms with van der Waals surface area (Å²) >= 11 is 0. The lowest BCUT2D eigenvalue weighted by molar-refractivity contribution is 0.597. The Kier molecular flexibility index (Phi) is 4.09. The van der Waals surface area contributed by atoms with Crippen molar-refractivity contribution in [2.75, 3.05) is 0 Å². The summed E-state index contributed by atoms with van der Waals surface area (Å²) < 4.78 is 43.8. The van der Waals surface area contributed by atoms with E-state index in [4.69, 9.17) is 9.56 Å². The zero-order chi connectivity index (χ0) is 19.2. The molecule has 138 valence electrons. The van der Waals surface area contributed by atoms with Crippen LogP contribution in [0.2, 0.25) is 0 Å². The number of rotatable bonds is 4. The number of primary sulfonamides is 1. The molecule has 0 aliphatic heterocycles. The van der Waals surface area contributed by atoms with Crippen molar-refractivity contribution in [2.45, 2.75) is 18.2 Å². The third kappa shape index (κ3) is 3.02. The number of aromatic nitrogens is 2. The number of oxazole rings is 1. The molecule has 27 heavy (non-hydrogen) atoms. The minimum absolute atomic E-state index is 0.0201. The first-order valence-corrected chi connectivity index (χ1v) is 9.81. The Morgan fingerprint density at radius 1 is 1.07 bits per heavy atom. The van der Waals surface area contributed by atoms with Gasteiger partial charge in [0.2, 0.25) is 15.7 Å². The van der Waals surface area contributed by atoms with Gasteiger partial charge in [-0.05, 0) is 36.2 Å². The van der Waals surface area contributed by atoms with Crippen molar-refractivity contribution in [3.05, 3.63) is 66.3 Å². The zero-order valence-corrected chi connectivity index (χ0v) is 15.2. The Morgan fingerprint density at radius 3 is 2.30 bits per heavy atom. The molecule has 0 aliphatic rings. The van der Waals surface area contributed by atoms with E-state index < -0.39 is 10.0 Å². The van der Waals surface area contributed by atoms with E-state index in [1.165, 1.54) is 24.3 Å². The Hall–Kier alpha value is -2.97. The molecule has 0 fully saturated rings. The van der Waals surface area contributed by atoms with Crippen LogP contribution < -0.4 is 5.14 Å². The molecule has 2 N–H and O–H groups in total. The fraction of sp³-hybridized carbons (Fsp3) is 0.105. The minimum Gasteiger partial charge on any atom is -0.444 e. The molecule has 2 aromatic heterocycles. The van der Waals surface area contributed by atoms with Gasteiger partial charge in [-0.25, -0.2) is 22.5 Å². The molecule has 0 amide bonds. The summed E-state index contributed by atoms with van der Waals surface area (Å²) in [6.45, 7) is 1.99. The molecule has 0 aliphatic carbocycles. The van der Waals surface area contributed by atoms with Crippen molar-refractivity contribution < 1.29 is 17.2 Å². The minimum atomic E-state index is -3.78. The van der Waals surface area contributed by atoms with E-state index in [1.54, 1.807) is 35.0 Å². The number of benzene rings is 2. The van der Waals surface area contributed by atoms with Gasteiger partial charge in [0, 0.05) is 5.56 Å². The summed E-state index contributed by atoms with van der Waals surface area (Å²) in [5.41, 5.74) is 4.19. The highest BCUT2D eigenvalue weighted by Crippen LogP contribution is 2.36. The zero-order valence-electron chi connectivity index (χ0n) is 14.4. The van der Waals surface area contributed by atoms with E-state index in [0.29, 0.717) is 22.5 Å². The van der Waals surface area contributed by atoms with Gasteiger partial charge in [0.1, 0.15) is 17.8 Å². The van der Waals surface area contributed by atoms with Crippen LogP contribution in [0, 0.1) is 5.82 Å². The van der Waals surface area contributed by atoms with Crippen LogP contribution in [0.1, 0.15) is 12.6 Å². The van der Waals surface area contributed by atoms with Crippen LogP contribution in [0.4, 0.5) is 4.39 Å². The second-order valence-electron chi connectivity index (χ2n) is 6.10. The molecule has 8 heteroatoms. The van der Waals surface area contributed by atoms with Gasteiger partial charge in [-0.2, -0.15) is 5.10 Å². The van der Waals surface area contributed by atoms with E-state index in [9.17, 15) is 12.8 Å². The number of fused-ring (bicyclic) bond motifs is 1. The first kappa shape index (κ1) is 17.4. The van der Waals surface area contributed by atoms with Crippen molar-refractivity contribution in [1.29, 1.82) is 0 Å². The average Bonchev–Trinajstić information content (AvgIpc) is 3.21. The SMILES string of the molecule is CCc1coc2c(-c3ccc(F)cc3)c(-c3ccc(S(N)(=O)=O)cc3)nn12. The van der Waals surface area contributed by atoms with Crippen LogP contribution in [0.15, 0.2) is 64.1 Å². The summed E-state index contributed by atoms with van der Waals surface area (Å²) in [6, 6.07) is 12.2. The largest absolute Gasteiger partial charge is 0.444 e. The van der Waals surface area contributed by atoms with Crippen LogP contribution in [0.3, 0.4) is 0 Å². The van der Waals surface area contributed by atoms with Gasteiger partial charge < -0.3 is 4.42 Å². The fourth-order valence-corrected chi connectivity index (χ4v) is 3.51. The van der Waals surface area contributed by atoms with Gasteiger partial charge >= 0.3 is 0 Å². The second-order valence-corrected chi connectivity index (χ2v) is 7.66. The van der Waals surface area contributed by atoms with Gasteiger partial charge in [0.25, 0.3) is 0 Å². The molecule has 4 aromatic rings. The van der Waals surface area contributed by atoms with E-state index >= 15 is 0 Å². The topological polar surface area (TPSA) is 90.6 Å². The third-order valence-corrected chi connectivity index (χ3v) is 5.30. The molecule has 4 rings (SSSR count). The molecule has 0 unspecified atom stereocenters. The van der Waals surface area contributed by atoms with Gasteiger partial charge in [-0.15, -0.1) is 0 Å². The lowest BCUT2D eigenvalue weighted by Crippen LogP contribution is -2.11. The highest BCUT2D eigenvalue weighted by Gasteiger charge is 2.21. The second kappa shape index (κ2) is 6.33. The summed E-state index contributed by atoms with van der Waals surface area (Å²) in [7, 11) is -3.78. The quantitative estimate of drug-likeness (QED) is 0.581. The maximum atomic E-state index is 13.4. The summed E-state index contributed by atoms with van der Waals surface area (Å²) in [5, 5.41) is 9.82. The van der Waals surface area contributed by atoms with Crippen LogP contribution >= 0.6 is 0 Å². The van der Waals surface area contributed by atoms with Crippen LogP contribution in [0.25, 0.3) is 28.1 Å². The summed E-state index contributed by atoms with van der Waals surface area (Å²) in [6.07, 6.45) is 2.37. The number of hydrogen-bond donors (Lipinski definition) is 1. The Labute approximate surface area is 155 Å². The highest BCUT2D eigenvalue weighted by molar-refractivity contribution is 7.89. The predicted molar refractivity (Wildman–Crippen MR) is 99.0 cm³/mol. The van der Waals surface area contributed by atoms with Crippen molar-refractivity contribution in [3.8, 4) is 22.4 Å². The van der Waals surface area contributed by atoms with Gasteiger partial charge in [0.05, 0.1) is 16.2 Å². The number of halogens is 1. The van der Waals surface area contributed by atoms with Crippen molar-refractivity contribution in [1.82, 2.24) is 9.61 Å². The van der Waals surface area contributed by atoms with Crippen LogP contribution in [0.5, 0.6) is 0 Å². The van der Waals surface area contributed by atoms with Crippen molar-refractivity contribution in [2.24, 2.45) is 5.14 Å². The first-order valence-electron chi connectivity index (χ1n) is 8.26. The van der Waals surface area contributed by atoms with E-state index in [2.05, 4.69) is 5.10 Å². The Balaban J connectivity index is 1.95. The first-order chi connectivity index (χ1) is 12.9. The maximum absolute atomic E-state index is 13.4. The summed E-state index contributed by atoms with van der Waals surface area (Å²) in [4.78, 5) is 0.0201. The molecule has 0 saturated carbocycles. The molecule has 0 spiro atoms. The number of nitrogens with two attached hydrogens (primary N) is 1. The molecule has 0 radical (unpaired) electrons. The molecular weight excluding hydrogens is 369 g/mol. The lowest BCUT2D eigenvalue weighted by Gasteiger charge is -2.04. The average molecular weight is 385 g/mol. The number of hydrogen-bond acceptors (Lipinski definition) is 4. The van der Waals surface area contributed by atoms with E-state index in [0.717, 1.165) is 17.7 Å². The number of nitrogens with zero attached hydrogens (tertiary/aromatic N) is 2. The maximum Gasteiger partial charge on any atom is 0.238 e. The van der Waals surface area contributed by atoms with Gasteiger partial charge in [0.15, 0.2) is 0 Å². The Morgan fingerprint density at radius 2 is 1.70 bits per heavy atom. The van der Waals surface area contributed by atoms with Crippen molar-refractivity contribution in [3.63, 3.8) is 0 Å². The van der Waals surface area contributed by atoms with Crippen molar-refractivity contribution >= 4 is 15.7 Å². The van der Waals surface area contributed by atoms with E-state index in [1.807, 2.05) is 6.92 Å². The fourth-order valence-electron chi connectivity index (χ4n) is 2.99. The van der Waals surface area contributed by atoms with Crippen LogP contribution in [-0.2, 0) is 16.4 Å². The molecule has 2 heterocycles. The summed E-state index contributed by atoms with van der Waals surface area (Å²) in [5.74, 6) is -0.338. The number of sulfonamides is 1. The molecule has 0 bridgehead atoms. The van der Waals surface area contributed by atoms with Crippen LogP contribution in [-0.4, -0.2) is 18.0 Å². The monoisotopic (exact) mass is 385 g/mol. The Bertz CT molecular complexity index is 1220. The highest BCUT2D eigenvalue weighted by atomic mass is 32.2. The number of aryl methyl sites for hydroxylation is 1. The molecule has 0 saturated heterocycles. The van der Waals surface area contributed by atoms with Gasteiger partial charge in [-0.3, -0.25) is 0 Å². The van der Waals surface area contributed by atoms with Gasteiger partial charge in [-0.1, -0.05) is 31.2 Å². The lowest BCUT2D eigenvalue weighted by atomic mass is 10.0. The predicted octanol–water partition coefficient (Wildman–Crippen LogP) is 3.61. The molecule has 2 aromatic carbocycles. The standard InChI is InChI=1S/C19H16FN3O3S/c1-2-15-11-26-19-17(12-3-7-14(20)8-4-12)18(22-23(15)19)13-5-9-16(10-6-13)27(21,24)25/h3-11H,2H2,1H3,(H2,21,24,25). The molecule has 0 atom stereocenters.